The molecule has 0 aromatic rings. The molecule has 0 radical (unpaired) electrons. The van der Waals surface area contributed by atoms with Gasteiger partial charge in [0.1, 0.15) is 0 Å². The van der Waals surface area contributed by atoms with Crippen LogP contribution in [-0.4, -0.2) is 43.3 Å². The molecule has 0 aliphatic carbocycles. The quantitative estimate of drug-likeness (QED) is 0.862. The molecule has 2 amide bonds. The first-order valence-corrected chi connectivity index (χ1v) is 6.40. The van der Waals surface area contributed by atoms with E-state index in [-0.39, 0.29) is 6.03 Å². The Balaban J connectivity index is 2.24. The predicted molar refractivity (Wildman–Crippen MR) is 67.7 cm³/mol. The number of amides is 2. The lowest BCUT2D eigenvalue weighted by molar-refractivity contribution is 0.0221. The third-order valence-corrected chi connectivity index (χ3v) is 2.84. The second-order valence-corrected chi connectivity index (χ2v) is 4.94. The number of nitrogens with zero attached hydrogens (tertiary/aromatic N) is 1. The van der Waals surface area contributed by atoms with Crippen molar-refractivity contribution in [1.29, 1.82) is 0 Å². The van der Waals surface area contributed by atoms with Gasteiger partial charge < -0.3 is 15.0 Å². The predicted octanol–water partition coefficient (Wildman–Crippen LogP) is 2.11. The average Bonchev–Trinajstić information content (AvgIpc) is 2.27. The highest BCUT2D eigenvalue weighted by Gasteiger charge is 2.22. The van der Waals surface area contributed by atoms with Crippen LogP contribution in [0.25, 0.3) is 0 Å². The second-order valence-electron chi connectivity index (χ2n) is 3.82. The van der Waals surface area contributed by atoms with Crippen molar-refractivity contribution in [2.75, 3.05) is 26.2 Å². The number of hydrogen-bond acceptors (Lipinski definition) is 2. The monoisotopic (exact) mass is 290 g/mol. The van der Waals surface area contributed by atoms with Gasteiger partial charge in [0.15, 0.2) is 0 Å². The van der Waals surface area contributed by atoms with Gasteiger partial charge in [0.25, 0.3) is 0 Å². The van der Waals surface area contributed by atoms with Gasteiger partial charge in [-0.05, 0) is 19.8 Å². The van der Waals surface area contributed by atoms with E-state index in [2.05, 4.69) is 27.8 Å². The van der Waals surface area contributed by atoms with E-state index >= 15 is 0 Å². The van der Waals surface area contributed by atoms with Crippen LogP contribution < -0.4 is 5.32 Å². The van der Waals surface area contributed by atoms with E-state index in [1.807, 2.05) is 11.8 Å². The molecular weight excluding hydrogens is 272 g/mol. The Bertz CT molecular complexity index is 250. The number of ether oxygens (including phenoxy) is 1. The first-order chi connectivity index (χ1) is 7.63. The standard InChI is InChI=1S/C11H19BrN2O2/c1-3-16-10-4-6-14(7-5-10)11(15)13-8-9(2)12/h10H,2-8H2,1H3,(H,13,15). The van der Waals surface area contributed by atoms with Crippen molar-refractivity contribution in [3.63, 3.8) is 0 Å². The van der Waals surface area contributed by atoms with Crippen molar-refractivity contribution in [1.82, 2.24) is 10.2 Å². The molecule has 1 N–H and O–H groups in total. The zero-order chi connectivity index (χ0) is 12.0. The van der Waals surface area contributed by atoms with Crippen molar-refractivity contribution in [2.45, 2.75) is 25.9 Å². The van der Waals surface area contributed by atoms with Gasteiger partial charge >= 0.3 is 6.03 Å². The van der Waals surface area contributed by atoms with Crippen LogP contribution in [0.15, 0.2) is 11.1 Å². The molecule has 1 aliphatic rings. The minimum Gasteiger partial charge on any atom is -0.378 e. The highest BCUT2D eigenvalue weighted by atomic mass is 79.9. The van der Waals surface area contributed by atoms with Crippen molar-refractivity contribution in [3.8, 4) is 0 Å². The van der Waals surface area contributed by atoms with Crippen molar-refractivity contribution in [3.05, 3.63) is 11.1 Å². The largest absolute Gasteiger partial charge is 0.378 e. The number of piperidine rings is 1. The first-order valence-electron chi connectivity index (χ1n) is 5.61. The minimum absolute atomic E-state index is 0.0180. The molecule has 0 aromatic carbocycles. The van der Waals surface area contributed by atoms with E-state index in [9.17, 15) is 4.79 Å². The Hall–Kier alpha value is -0.550. The Morgan fingerprint density at radius 1 is 1.56 bits per heavy atom. The van der Waals surface area contributed by atoms with Crippen molar-refractivity contribution >= 4 is 22.0 Å². The van der Waals surface area contributed by atoms with E-state index in [0.29, 0.717) is 12.6 Å². The zero-order valence-corrected chi connectivity index (χ0v) is 11.3. The van der Waals surface area contributed by atoms with Crippen LogP contribution in [0.2, 0.25) is 0 Å². The molecule has 1 rings (SSSR count). The Kier molecular flexibility index (Phi) is 5.84. The molecule has 0 bridgehead atoms. The summed E-state index contributed by atoms with van der Waals surface area (Å²) in [4.78, 5) is 13.5. The summed E-state index contributed by atoms with van der Waals surface area (Å²) in [6.07, 6.45) is 2.17. The number of halogens is 1. The molecular formula is C11H19BrN2O2. The van der Waals surface area contributed by atoms with Crippen LogP contribution in [0.5, 0.6) is 0 Å². The number of carbonyl (C=O) groups excluding carboxylic acids is 1. The molecule has 0 unspecified atom stereocenters. The fourth-order valence-corrected chi connectivity index (χ4v) is 1.88. The molecule has 0 saturated carbocycles. The van der Waals surface area contributed by atoms with Crippen LogP contribution >= 0.6 is 15.9 Å². The fourth-order valence-electron chi connectivity index (χ4n) is 1.74. The van der Waals surface area contributed by atoms with E-state index in [0.717, 1.165) is 37.0 Å². The SMILES string of the molecule is C=C(Br)CNC(=O)N1CCC(OCC)CC1. The Morgan fingerprint density at radius 3 is 2.69 bits per heavy atom. The third kappa shape index (κ3) is 4.53. The molecule has 16 heavy (non-hydrogen) atoms. The highest BCUT2D eigenvalue weighted by Crippen LogP contribution is 2.13. The molecule has 0 aromatic heterocycles. The molecule has 92 valence electrons. The highest BCUT2D eigenvalue weighted by molar-refractivity contribution is 9.11. The Labute approximate surface area is 105 Å². The van der Waals surface area contributed by atoms with Crippen LogP contribution in [0.1, 0.15) is 19.8 Å². The van der Waals surface area contributed by atoms with E-state index in [4.69, 9.17) is 4.74 Å². The summed E-state index contributed by atoms with van der Waals surface area (Å²) in [5.74, 6) is 0. The molecule has 1 saturated heterocycles. The van der Waals surface area contributed by atoms with E-state index in [1.165, 1.54) is 0 Å². The number of likely N-dealkylation sites (tertiary alicyclic amines) is 1. The lowest BCUT2D eigenvalue weighted by Crippen LogP contribution is -2.46. The number of nitrogens with one attached hydrogen (secondary N) is 1. The van der Waals surface area contributed by atoms with Gasteiger partial charge in [0.05, 0.1) is 12.6 Å². The lowest BCUT2D eigenvalue weighted by Gasteiger charge is -2.31. The van der Waals surface area contributed by atoms with E-state index < -0.39 is 0 Å². The second kappa shape index (κ2) is 6.91. The van der Waals surface area contributed by atoms with Gasteiger partial charge in [-0.15, -0.1) is 0 Å². The first kappa shape index (κ1) is 13.5. The van der Waals surface area contributed by atoms with Gasteiger partial charge in [-0.2, -0.15) is 0 Å². The minimum atomic E-state index is -0.0180. The van der Waals surface area contributed by atoms with Crippen molar-refractivity contribution in [2.24, 2.45) is 0 Å². The Morgan fingerprint density at radius 2 is 2.19 bits per heavy atom. The molecule has 4 nitrogen and oxygen atoms in total. The van der Waals surface area contributed by atoms with Gasteiger partial charge in [-0.1, -0.05) is 22.5 Å². The van der Waals surface area contributed by atoms with Crippen LogP contribution in [-0.2, 0) is 4.74 Å². The summed E-state index contributed by atoms with van der Waals surface area (Å²) in [5, 5.41) is 2.80. The van der Waals surface area contributed by atoms with Gasteiger partial charge in [0.2, 0.25) is 0 Å². The van der Waals surface area contributed by atoms with Crippen LogP contribution in [0.3, 0.4) is 0 Å². The van der Waals surface area contributed by atoms with Crippen molar-refractivity contribution < 1.29 is 9.53 Å². The number of carbonyl (C=O) groups is 1. The van der Waals surface area contributed by atoms with Gasteiger partial charge in [-0.3, -0.25) is 0 Å². The number of hydrogen-bond donors (Lipinski definition) is 1. The summed E-state index contributed by atoms with van der Waals surface area (Å²) in [6.45, 7) is 8.44. The molecule has 0 spiro atoms. The fraction of sp³-hybridized carbons (Fsp3) is 0.727. The van der Waals surface area contributed by atoms with E-state index in [1.54, 1.807) is 0 Å². The normalized spacial score (nSPS) is 17.2. The maximum Gasteiger partial charge on any atom is 0.317 e. The maximum atomic E-state index is 11.7. The molecule has 1 aliphatic heterocycles. The summed E-state index contributed by atoms with van der Waals surface area (Å²) >= 11 is 3.21. The summed E-state index contributed by atoms with van der Waals surface area (Å²) in [6, 6.07) is -0.0180. The van der Waals surface area contributed by atoms with Crippen LogP contribution in [0.4, 0.5) is 4.79 Å². The molecule has 1 fully saturated rings. The summed E-state index contributed by atoms with van der Waals surface area (Å²) in [5.41, 5.74) is 0. The lowest BCUT2D eigenvalue weighted by atomic mass is 10.1. The maximum absolute atomic E-state index is 11.7. The molecule has 1 heterocycles. The third-order valence-electron chi connectivity index (χ3n) is 2.56. The van der Waals surface area contributed by atoms with Crippen LogP contribution in [0, 0.1) is 0 Å². The number of rotatable bonds is 4. The summed E-state index contributed by atoms with van der Waals surface area (Å²) < 4.78 is 6.31. The zero-order valence-electron chi connectivity index (χ0n) is 9.67. The molecule has 5 heteroatoms. The van der Waals surface area contributed by atoms with Gasteiger partial charge in [0, 0.05) is 24.2 Å². The topological polar surface area (TPSA) is 41.6 Å². The average molecular weight is 291 g/mol. The smallest absolute Gasteiger partial charge is 0.317 e. The van der Waals surface area contributed by atoms with Gasteiger partial charge in [-0.25, -0.2) is 4.79 Å². The summed E-state index contributed by atoms with van der Waals surface area (Å²) in [7, 11) is 0. The number of urea groups is 1. The molecule has 0 atom stereocenters.